The van der Waals surface area contributed by atoms with Gasteiger partial charge in [-0.3, -0.25) is 0 Å². The number of sulfonamides is 1. The Balaban J connectivity index is 2.36. The zero-order valence-corrected chi connectivity index (χ0v) is 14.7. The van der Waals surface area contributed by atoms with Crippen molar-refractivity contribution < 1.29 is 8.42 Å². The van der Waals surface area contributed by atoms with Gasteiger partial charge in [-0.15, -0.1) is 11.6 Å². The molecular formula is C14H24ClN3O2S. The van der Waals surface area contributed by atoms with Gasteiger partial charge in [-0.1, -0.05) is 0 Å². The molecule has 1 saturated heterocycles. The molecule has 7 heteroatoms. The lowest BCUT2D eigenvalue weighted by atomic mass is 10.2. The maximum absolute atomic E-state index is 12.9. The molecule has 0 amide bonds. The zero-order valence-electron chi connectivity index (χ0n) is 13.1. The summed E-state index contributed by atoms with van der Waals surface area (Å²) in [7, 11) is -1.44. The van der Waals surface area contributed by atoms with E-state index in [1.165, 1.54) is 0 Å². The zero-order chi connectivity index (χ0) is 15.8. The molecule has 1 unspecified atom stereocenters. The molecule has 1 aliphatic rings. The molecule has 1 aliphatic heterocycles. The summed E-state index contributed by atoms with van der Waals surface area (Å²) in [5, 5.41) is 0. The number of aromatic nitrogens is 1. The standard InChI is InChI=1S/C14H24ClN3O2S/c1-11(2)17-10-14(7-13(17)8-15)21(19,20)18-6-5-16(4)9-12(18)3/h7,10-12H,5-6,8-9H2,1-4H3. The van der Waals surface area contributed by atoms with Gasteiger partial charge in [0.15, 0.2) is 0 Å². The second kappa shape index (κ2) is 6.28. The summed E-state index contributed by atoms with van der Waals surface area (Å²) in [6.07, 6.45) is 1.71. The predicted molar refractivity (Wildman–Crippen MR) is 85.2 cm³/mol. The van der Waals surface area contributed by atoms with Crippen LogP contribution in [0.5, 0.6) is 0 Å². The van der Waals surface area contributed by atoms with Crippen molar-refractivity contribution in [1.82, 2.24) is 13.8 Å². The Morgan fingerprint density at radius 3 is 2.52 bits per heavy atom. The fraction of sp³-hybridized carbons (Fsp3) is 0.714. The number of likely N-dealkylation sites (N-methyl/N-ethyl adjacent to an activating group) is 1. The molecule has 1 aromatic rings. The van der Waals surface area contributed by atoms with Crippen LogP contribution in [0.2, 0.25) is 0 Å². The predicted octanol–water partition coefficient (Wildman–Crippen LogP) is 2.13. The molecule has 2 rings (SSSR count). The Labute approximate surface area is 132 Å². The first kappa shape index (κ1) is 16.8. The van der Waals surface area contributed by atoms with Gasteiger partial charge in [-0.2, -0.15) is 4.31 Å². The minimum absolute atomic E-state index is 0.0180. The maximum atomic E-state index is 12.9. The van der Waals surface area contributed by atoms with Crippen LogP contribution in [0.25, 0.3) is 0 Å². The minimum Gasteiger partial charge on any atom is -0.346 e. The fourth-order valence-corrected chi connectivity index (χ4v) is 4.72. The van der Waals surface area contributed by atoms with Crippen LogP contribution in [0.4, 0.5) is 0 Å². The Morgan fingerprint density at radius 2 is 2.05 bits per heavy atom. The molecule has 1 fully saturated rings. The Kier molecular flexibility index (Phi) is 5.03. The van der Waals surface area contributed by atoms with E-state index < -0.39 is 10.0 Å². The Morgan fingerprint density at radius 1 is 1.38 bits per heavy atom. The van der Waals surface area contributed by atoms with Gasteiger partial charge >= 0.3 is 0 Å². The van der Waals surface area contributed by atoms with Crippen molar-refractivity contribution >= 4 is 21.6 Å². The largest absolute Gasteiger partial charge is 0.346 e. The molecule has 1 aromatic heterocycles. The second-order valence-corrected chi connectivity index (χ2v) is 8.19. The lowest BCUT2D eigenvalue weighted by molar-refractivity contribution is 0.170. The molecule has 0 N–H and O–H groups in total. The SMILES string of the molecule is CC1CN(C)CCN1S(=O)(=O)c1cc(CCl)n(C(C)C)c1. The summed E-state index contributed by atoms with van der Waals surface area (Å²) < 4.78 is 29.3. The van der Waals surface area contributed by atoms with Crippen LogP contribution in [0.15, 0.2) is 17.2 Å². The third-order valence-electron chi connectivity index (χ3n) is 3.98. The Hall–Kier alpha value is -0.560. The molecule has 1 atom stereocenters. The van der Waals surface area contributed by atoms with E-state index in [1.54, 1.807) is 16.6 Å². The lowest BCUT2D eigenvalue weighted by Crippen LogP contribution is -2.52. The van der Waals surface area contributed by atoms with E-state index in [-0.39, 0.29) is 12.1 Å². The van der Waals surface area contributed by atoms with Gasteiger partial charge in [0.2, 0.25) is 10.0 Å². The van der Waals surface area contributed by atoms with Crippen molar-refractivity contribution in [1.29, 1.82) is 0 Å². The van der Waals surface area contributed by atoms with E-state index in [0.717, 1.165) is 18.8 Å². The van der Waals surface area contributed by atoms with Crippen molar-refractivity contribution in [3.05, 3.63) is 18.0 Å². The highest BCUT2D eigenvalue weighted by Gasteiger charge is 2.33. The van der Waals surface area contributed by atoms with Crippen molar-refractivity contribution in [2.75, 3.05) is 26.7 Å². The highest BCUT2D eigenvalue weighted by molar-refractivity contribution is 7.89. The van der Waals surface area contributed by atoms with Gasteiger partial charge in [0.05, 0.1) is 5.88 Å². The van der Waals surface area contributed by atoms with Gasteiger partial charge in [0.25, 0.3) is 0 Å². The summed E-state index contributed by atoms with van der Waals surface area (Å²) in [5.74, 6) is 0.311. The van der Waals surface area contributed by atoms with Crippen molar-refractivity contribution in [2.24, 2.45) is 0 Å². The topological polar surface area (TPSA) is 45.6 Å². The second-order valence-electron chi connectivity index (χ2n) is 6.03. The summed E-state index contributed by atoms with van der Waals surface area (Å²) in [5.41, 5.74) is 0.840. The van der Waals surface area contributed by atoms with Gasteiger partial charge in [-0.05, 0) is 33.9 Å². The number of hydrogen-bond donors (Lipinski definition) is 0. The monoisotopic (exact) mass is 333 g/mol. The summed E-state index contributed by atoms with van der Waals surface area (Å²) >= 11 is 5.94. The number of hydrogen-bond acceptors (Lipinski definition) is 3. The third kappa shape index (κ3) is 3.28. The minimum atomic E-state index is -3.45. The van der Waals surface area contributed by atoms with E-state index in [1.807, 2.05) is 32.4 Å². The van der Waals surface area contributed by atoms with Crippen molar-refractivity contribution in [3.63, 3.8) is 0 Å². The van der Waals surface area contributed by atoms with Gasteiger partial charge in [0.1, 0.15) is 4.90 Å². The number of piperazine rings is 1. The quantitative estimate of drug-likeness (QED) is 0.793. The van der Waals surface area contributed by atoms with Crippen LogP contribution in [-0.2, 0) is 15.9 Å². The molecule has 5 nitrogen and oxygen atoms in total. The smallest absolute Gasteiger partial charge is 0.244 e. The normalized spacial score (nSPS) is 22.1. The van der Waals surface area contributed by atoms with Crippen LogP contribution >= 0.6 is 11.6 Å². The van der Waals surface area contributed by atoms with Crippen LogP contribution in [0, 0.1) is 0 Å². The molecule has 0 aliphatic carbocycles. The number of nitrogens with zero attached hydrogens (tertiary/aromatic N) is 3. The summed E-state index contributed by atoms with van der Waals surface area (Å²) in [6, 6.07) is 1.87. The number of halogens is 1. The van der Waals surface area contributed by atoms with Gasteiger partial charge < -0.3 is 9.47 Å². The molecular weight excluding hydrogens is 310 g/mol. The molecule has 0 aromatic carbocycles. The fourth-order valence-electron chi connectivity index (χ4n) is 2.84. The van der Waals surface area contributed by atoms with Crippen LogP contribution in [0.3, 0.4) is 0 Å². The van der Waals surface area contributed by atoms with Crippen LogP contribution in [-0.4, -0.2) is 54.9 Å². The van der Waals surface area contributed by atoms with Gasteiger partial charge in [-0.25, -0.2) is 8.42 Å². The molecule has 120 valence electrons. The van der Waals surface area contributed by atoms with E-state index in [4.69, 9.17) is 11.6 Å². The van der Waals surface area contributed by atoms with E-state index in [2.05, 4.69) is 4.90 Å². The van der Waals surface area contributed by atoms with Crippen LogP contribution in [0.1, 0.15) is 32.5 Å². The van der Waals surface area contributed by atoms with Gasteiger partial charge in [0, 0.05) is 43.6 Å². The lowest BCUT2D eigenvalue weighted by Gasteiger charge is -2.36. The van der Waals surface area contributed by atoms with Crippen molar-refractivity contribution in [3.8, 4) is 0 Å². The average Bonchev–Trinajstić information content (AvgIpc) is 2.83. The molecule has 2 heterocycles. The van der Waals surface area contributed by atoms with E-state index >= 15 is 0 Å². The third-order valence-corrected chi connectivity index (χ3v) is 6.23. The highest BCUT2D eigenvalue weighted by Crippen LogP contribution is 2.25. The van der Waals surface area contributed by atoms with E-state index in [0.29, 0.717) is 17.3 Å². The molecule has 21 heavy (non-hydrogen) atoms. The first-order valence-electron chi connectivity index (χ1n) is 7.24. The maximum Gasteiger partial charge on any atom is 0.244 e. The van der Waals surface area contributed by atoms with Crippen LogP contribution < -0.4 is 0 Å². The number of rotatable bonds is 4. The van der Waals surface area contributed by atoms with E-state index in [9.17, 15) is 8.42 Å². The molecule has 0 radical (unpaired) electrons. The Bertz CT molecular complexity index is 597. The summed E-state index contributed by atoms with van der Waals surface area (Å²) in [4.78, 5) is 2.50. The number of alkyl halides is 1. The summed E-state index contributed by atoms with van der Waals surface area (Å²) in [6.45, 7) is 8.04. The molecule has 0 spiro atoms. The molecule has 0 saturated carbocycles. The molecule has 0 bridgehead atoms. The van der Waals surface area contributed by atoms with Crippen molar-refractivity contribution in [2.45, 2.75) is 43.6 Å². The highest BCUT2D eigenvalue weighted by atomic mass is 35.5. The average molecular weight is 334 g/mol. The first-order valence-corrected chi connectivity index (χ1v) is 9.22. The first-order chi connectivity index (χ1) is 9.77.